The molecule has 4 atom stereocenters. The smallest absolute Gasteiger partial charge is 0.192 e. The minimum Gasteiger partial charge on any atom is -0.415 e. The van der Waals surface area contributed by atoms with Crippen molar-refractivity contribution in [3.63, 3.8) is 0 Å². The molecule has 0 spiro atoms. The summed E-state index contributed by atoms with van der Waals surface area (Å²) in [6.07, 6.45) is 7.63. The minimum absolute atomic E-state index is 0.0467. The van der Waals surface area contributed by atoms with E-state index in [0.717, 1.165) is 43.9 Å². The number of benzene rings is 1. The van der Waals surface area contributed by atoms with Gasteiger partial charge < -0.3 is 23.0 Å². The molecule has 1 aromatic carbocycles. The van der Waals surface area contributed by atoms with Crippen molar-refractivity contribution in [1.29, 1.82) is 0 Å². The summed E-state index contributed by atoms with van der Waals surface area (Å²) < 4.78 is 32.0. The molecule has 3 unspecified atom stereocenters. The van der Waals surface area contributed by atoms with Crippen LogP contribution in [0.5, 0.6) is 0 Å². The molecule has 9 nitrogen and oxygen atoms in total. The molecule has 2 aromatic rings. The predicted molar refractivity (Wildman–Crippen MR) is 253 cm³/mol. The molecule has 1 saturated heterocycles. The van der Waals surface area contributed by atoms with Gasteiger partial charge in [-0.25, -0.2) is 0 Å². The first kappa shape index (κ1) is 50.2. The normalized spacial score (nSPS) is 21.3. The van der Waals surface area contributed by atoms with Gasteiger partial charge in [-0.2, -0.15) is 0 Å². The Bertz CT molecular complexity index is 1510. The molecule has 1 fully saturated rings. The van der Waals surface area contributed by atoms with E-state index in [-0.39, 0.29) is 44.5 Å². The van der Waals surface area contributed by atoms with Crippen molar-refractivity contribution in [2.24, 2.45) is 0 Å². The van der Waals surface area contributed by atoms with Crippen LogP contribution in [0.15, 0.2) is 36.9 Å². The summed E-state index contributed by atoms with van der Waals surface area (Å²) in [5.74, 6) is 0. The highest BCUT2D eigenvalue weighted by Gasteiger charge is 2.55. The third-order valence-corrected chi connectivity index (χ3v) is 32.3. The molecule has 1 aromatic heterocycles. The van der Waals surface area contributed by atoms with Crippen molar-refractivity contribution in [2.45, 2.75) is 206 Å². The first-order valence-electron chi connectivity index (χ1n) is 21.9. The quantitative estimate of drug-likeness (QED) is 0.117. The first-order valence-corrected chi connectivity index (χ1v) is 33.5. The average Bonchev–Trinajstić information content (AvgIpc) is 3.59. The van der Waals surface area contributed by atoms with Gasteiger partial charge in [-0.05, 0) is 116 Å². The van der Waals surface area contributed by atoms with Gasteiger partial charge in [0.05, 0.1) is 31.0 Å². The number of likely N-dealkylation sites (tertiary alicyclic amines) is 1. The van der Waals surface area contributed by atoms with E-state index in [1.54, 1.807) is 12.7 Å². The van der Waals surface area contributed by atoms with Crippen molar-refractivity contribution in [3.8, 4) is 5.69 Å². The van der Waals surface area contributed by atoms with Gasteiger partial charge in [0.1, 0.15) is 12.7 Å². The van der Waals surface area contributed by atoms with Crippen LogP contribution in [0.2, 0.25) is 72.5 Å². The number of rotatable bonds is 18. The van der Waals surface area contributed by atoms with Gasteiger partial charge in [0, 0.05) is 24.5 Å². The van der Waals surface area contributed by atoms with E-state index in [2.05, 4.69) is 180 Å². The highest BCUT2D eigenvalue weighted by molar-refractivity contribution is 6.75. The third-order valence-electron chi connectivity index (χ3n) is 14.4. The van der Waals surface area contributed by atoms with Crippen LogP contribution in [0.25, 0.3) is 5.69 Å². The molecule has 3 rings (SSSR count). The monoisotopic (exact) mass is 862 g/mol. The molecule has 1 N–H and O–H groups in total. The number of hydrogen-bond acceptors (Lipinski definition) is 8. The Morgan fingerprint density at radius 1 is 0.596 bits per heavy atom. The Balaban J connectivity index is 1.93. The van der Waals surface area contributed by atoms with Gasteiger partial charge >= 0.3 is 0 Å². The Morgan fingerprint density at radius 3 is 1.54 bits per heavy atom. The lowest BCUT2D eigenvalue weighted by Crippen LogP contribution is -2.70. The summed E-state index contributed by atoms with van der Waals surface area (Å²) >= 11 is 0. The van der Waals surface area contributed by atoms with Gasteiger partial charge in [-0.15, -0.1) is 10.2 Å². The highest BCUT2D eigenvalue weighted by atomic mass is 28.4. The van der Waals surface area contributed by atoms with Crippen LogP contribution in [0.1, 0.15) is 109 Å². The van der Waals surface area contributed by atoms with Crippen molar-refractivity contribution >= 4 is 39.0 Å². The van der Waals surface area contributed by atoms with Gasteiger partial charge in [-0.3, -0.25) is 9.47 Å². The lowest BCUT2D eigenvalue weighted by molar-refractivity contribution is -0.128. The molecule has 0 amide bonds. The van der Waals surface area contributed by atoms with Crippen LogP contribution in [-0.4, -0.2) is 104 Å². The highest BCUT2D eigenvalue weighted by Crippen LogP contribution is 2.46. The maximum absolute atomic E-state index is 7.72. The number of nitrogens with zero attached hydrogens (tertiary/aromatic N) is 4. The number of aromatic nitrogens is 3. The molecule has 57 heavy (non-hydrogen) atoms. The predicted octanol–water partition coefficient (Wildman–Crippen LogP) is 12.1. The summed E-state index contributed by atoms with van der Waals surface area (Å²) in [4.78, 5) is 2.71. The number of unbranched alkanes of at least 4 members (excludes halogenated alkanes) is 3. The second-order valence-electron chi connectivity index (χ2n) is 23.0. The van der Waals surface area contributed by atoms with Crippen LogP contribution < -0.4 is 5.32 Å². The molecule has 0 saturated carbocycles. The van der Waals surface area contributed by atoms with Crippen molar-refractivity contribution in [3.05, 3.63) is 36.9 Å². The van der Waals surface area contributed by atoms with Crippen LogP contribution >= 0.6 is 0 Å². The third kappa shape index (κ3) is 13.4. The first-order chi connectivity index (χ1) is 25.8. The molecule has 0 radical (unpaired) electrons. The summed E-state index contributed by atoms with van der Waals surface area (Å²) in [6.45, 7) is 50.8. The molecule has 0 aliphatic carbocycles. The second kappa shape index (κ2) is 18.8. The Hall–Kier alpha value is -1.17. The van der Waals surface area contributed by atoms with E-state index in [0.29, 0.717) is 6.61 Å². The molecule has 1 aliphatic heterocycles. The van der Waals surface area contributed by atoms with Gasteiger partial charge in [-0.1, -0.05) is 95.9 Å². The number of anilines is 1. The Kier molecular flexibility index (Phi) is 16.6. The summed E-state index contributed by atoms with van der Waals surface area (Å²) in [5, 5.41) is 11.7. The van der Waals surface area contributed by atoms with E-state index in [9.17, 15) is 0 Å². The zero-order valence-corrected chi connectivity index (χ0v) is 44.4. The van der Waals surface area contributed by atoms with E-state index in [1.165, 1.54) is 12.8 Å². The minimum atomic E-state index is -2.26. The standard InChI is InChI=1S/C44H87N5O4Si4/c1-41(2,3)54(13,14)50-32-37-39(52-56(17,18)43(7,8)9)40(53-57(19,20)44(10,11)12)38(51-55(15,16)42(4,5)6)31-48(37)30-24-22-21-23-29-45-35-25-27-36(28-26-35)49-33-46-47-34-49/h25-28,33-34,37-40,45H,21-24,29-32H2,1-20H3/t37-,38?,39?,40?/m1/s1. The average molecular weight is 863 g/mol. The maximum Gasteiger partial charge on any atom is 0.192 e. The molecular weight excluding hydrogens is 775 g/mol. The van der Waals surface area contributed by atoms with Crippen LogP contribution in [-0.2, 0) is 17.7 Å². The Morgan fingerprint density at radius 2 is 1.05 bits per heavy atom. The number of hydrogen-bond donors (Lipinski definition) is 1. The van der Waals surface area contributed by atoms with Crippen LogP contribution in [0.4, 0.5) is 5.69 Å². The zero-order valence-electron chi connectivity index (χ0n) is 40.4. The van der Waals surface area contributed by atoms with E-state index in [1.807, 2.05) is 4.57 Å². The Labute approximate surface area is 354 Å². The van der Waals surface area contributed by atoms with Gasteiger partial charge in [0.25, 0.3) is 0 Å². The fraction of sp³-hybridized carbons (Fsp3) is 0.818. The second-order valence-corrected chi connectivity index (χ2v) is 42.1. The summed E-state index contributed by atoms with van der Waals surface area (Å²) in [5.41, 5.74) is 2.20. The van der Waals surface area contributed by atoms with Crippen molar-refractivity contribution in [1.82, 2.24) is 19.7 Å². The van der Waals surface area contributed by atoms with Crippen LogP contribution in [0, 0.1) is 0 Å². The van der Waals surface area contributed by atoms with Crippen LogP contribution in [0.3, 0.4) is 0 Å². The number of nitrogens with one attached hydrogen (secondary N) is 1. The van der Waals surface area contributed by atoms with E-state index in [4.69, 9.17) is 17.7 Å². The molecule has 0 bridgehead atoms. The number of piperidine rings is 1. The largest absolute Gasteiger partial charge is 0.415 e. The zero-order chi connectivity index (χ0) is 43.5. The maximum atomic E-state index is 7.72. The van der Waals surface area contributed by atoms with E-state index < -0.39 is 33.3 Å². The summed E-state index contributed by atoms with van der Waals surface area (Å²) in [7, 11) is -8.73. The lowest BCUT2D eigenvalue weighted by Gasteiger charge is -2.56. The molecule has 13 heteroatoms. The fourth-order valence-electron chi connectivity index (χ4n) is 6.17. The van der Waals surface area contributed by atoms with E-state index >= 15 is 0 Å². The molecule has 328 valence electrons. The lowest BCUT2D eigenvalue weighted by atomic mass is 9.94. The summed E-state index contributed by atoms with van der Waals surface area (Å²) in [6, 6.07) is 8.53. The SMILES string of the molecule is CC(C)(C)[Si](C)(C)OC[C@@H]1C(O[Si](C)(C)C(C)(C)C)C(O[Si](C)(C)C(C)(C)C)C(O[Si](C)(C)C(C)(C)C)CN1CCCCCCNc1ccc(-n2cnnc2)cc1. The van der Waals surface area contributed by atoms with Crippen molar-refractivity contribution in [2.75, 3.05) is 31.6 Å². The molecule has 2 heterocycles. The fourth-order valence-corrected chi connectivity index (χ4v) is 11.2. The van der Waals surface area contributed by atoms with Gasteiger partial charge in [0.15, 0.2) is 33.3 Å². The molecular formula is C44H87N5O4Si4. The van der Waals surface area contributed by atoms with Gasteiger partial charge in [0.2, 0.25) is 0 Å². The van der Waals surface area contributed by atoms with Crippen molar-refractivity contribution < 1.29 is 17.7 Å². The molecule has 1 aliphatic rings. The topological polar surface area (TPSA) is 82.9 Å².